The third-order valence-corrected chi connectivity index (χ3v) is 3.20. The van der Waals surface area contributed by atoms with Gasteiger partial charge in [0.05, 0.1) is 21.8 Å². The summed E-state index contributed by atoms with van der Waals surface area (Å²) < 4.78 is 5.18. The Morgan fingerprint density at radius 3 is 2.86 bits per heavy atom. The maximum absolute atomic E-state index is 12.0. The van der Waals surface area contributed by atoms with Gasteiger partial charge in [0.1, 0.15) is 5.76 Å². The van der Waals surface area contributed by atoms with Crippen LogP contribution < -0.4 is 5.32 Å². The molecular formula is C14H13ClN2O4. The van der Waals surface area contributed by atoms with Crippen molar-refractivity contribution in [2.24, 2.45) is 0 Å². The third kappa shape index (κ3) is 4.06. The Kier molecular flexibility index (Phi) is 4.94. The quantitative estimate of drug-likeness (QED) is 0.504. The van der Waals surface area contributed by atoms with Gasteiger partial charge in [0.25, 0.3) is 11.6 Å². The number of nitro benzene ring substituents is 1. The molecule has 0 fully saturated rings. The monoisotopic (exact) mass is 308 g/mol. The Labute approximate surface area is 125 Å². The van der Waals surface area contributed by atoms with Gasteiger partial charge in [-0.25, -0.2) is 0 Å². The zero-order valence-corrected chi connectivity index (χ0v) is 11.8. The van der Waals surface area contributed by atoms with E-state index in [1.54, 1.807) is 12.3 Å². The molecule has 21 heavy (non-hydrogen) atoms. The Bertz CT molecular complexity index is 640. The molecule has 0 saturated heterocycles. The van der Waals surface area contributed by atoms with Crippen LogP contribution in [0.2, 0.25) is 5.02 Å². The highest BCUT2D eigenvalue weighted by Gasteiger charge is 2.15. The van der Waals surface area contributed by atoms with Crippen LogP contribution in [-0.4, -0.2) is 17.4 Å². The molecule has 110 valence electrons. The minimum absolute atomic E-state index is 0.101. The Morgan fingerprint density at radius 1 is 1.38 bits per heavy atom. The van der Waals surface area contributed by atoms with Crippen LogP contribution >= 0.6 is 11.6 Å². The fourth-order valence-corrected chi connectivity index (χ4v) is 2.02. The summed E-state index contributed by atoms with van der Waals surface area (Å²) in [6.07, 6.45) is 3.00. The first kappa shape index (κ1) is 15.1. The fraction of sp³-hybridized carbons (Fsp3) is 0.214. The van der Waals surface area contributed by atoms with Gasteiger partial charge in [-0.1, -0.05) is 11.6 Å². The summed E-state index contributed by atoms with van der Waals surface area (Å²) in [6.45, 7) is 0.429. The number of furan rings is 1. The molecule has 0 atom stereocenters. The van der Waals surface area contributed by atoms with Gasteiger partial charge in [0, 0.05) is 25.1 Å². The van der Waals surface area contributed by atoms with E-state index < -0.39 is 10.8 Å². The van der Waals surface area contributed by atoms with Crippen molar-refractivity contribution in [1.82, 2.24) is 5.32 Å². The molecular weight excluding hydrogens is 296 g/mol. The molecule has 7 heteroatoms. The minimum Gasteiger partial charge on any atom is -0.469 e. The number of nitrogens with one attached hydrogen (secondary N) is 1. The number of nitro groups is 1. The van der Waals surface area contributed by atoms with Crippen LogP contribution in [0.5, 0.6) is 0 Å². The molecule has 1 aromatic heterocycles. The van der Waals surface area contributed by atoms with Crippen molar-refractivity contribution in [2.75, 3.05) is 6.54 Å². The highest BCUT2D eigenvalue weighted by Crippen LogP contribution is 2.21. The number of benzene rings is 1. The zero-order chi connectivity index (χ0) is 15.2. The van der Waals surface area contributed by atoms with Crippen molar-refractivity contribution < 1.29 is 14.1 Å². The lowest BCUT2D eigenvalue weighted by Gasteiger charge is -2.06. The van der Waals surface area contributed by atoms with Gasteiger partial charge in [0.2, 0.25) is 0 Å². The molecule has 2 aromatic rings. The van der Waals surface area contributed by atoms with E-state index in [-0.39, 0.29) is 16.3 Å². The average molecular weight is 309 g/mol. The van der Waals surface area contributed by atoms with Crippen LogP contribution in [0.1, 0.15) is 22.5 Å². The SMILES string of the molecule is O=C(NCCCc1ccco1)c1cc([N+](=O)[O-])ccc1Cl. The molecule has 0 unspecified atom stereocenters. The smallest absolute Gasteiger partial charge is 0.270 e. The maximum Gasteiger partial charge on any atom is 0.270 e. The molecule has 0 aliphatic rings. The molecule has 6 nitrogen and oxygen atoms in total. The molecule has 0 saturated carbocycles. The summed E-state index contributed by atoms with van der Waals surface area (Å²) in [5.41, 5.74) is -0.0657. The van der Waals surface area contributed by atoms with E-state index in [0.29, 0.717) is 19.4 Å². The second kappa shape index (κ2) is 6.90. The summed E-state index contributed by atoms with van der Waals surface area (Å²) in [7, 11) is 0. The number of amides is 1. The summed E-state index contributed by atoms with van der Waals surface area (Å²) in [4.78, 5) is 22.1. The maximum atomic E-state index is 12.0. The molecule has 0 aliphatic heterocycles. The topological polar surface area (TPSA) is 85.4 Å². The van der Waals surface area contributed by atoms with Crippen LogP contribution in [0.3, 0.4) is 0 Å². The first-order valence-electron chi connectivity index (χ1n) is 6.32. The van der Waals surface area contributed by atoms with Crippen LogP contribution in [0.15, 0.2) is 41.0 Å². The van der Waals surface area contributed by atoms with Crippen molar-refractivity contribution in [1.29, 1.82) is 0 Å². The van der Waals surface area contributed by atoms with Gasteiger partial charge in [-0.05, 0) is 24.6 Å². The second-order valence-corrected chi connectivity index (χ2v) is 4.77. The van der Waals surface area contributed by atoms with Crippen LogP contribution in [0, 0.1) is 10.1 Å². The van der Waals surface area contributed by atoms with E-state index in [0.717, 1.165) is 5.76 Å². The van der Waals surface area contributed by atoms with E-state index in [9.17, 15) is 14.9 Å². The van der Waals surface area contributed by atoms with E-state index in [1.807, 2.05) is 6.07 Å². The molecule has 0 radical (unpaired) electrons. The van der Waals surface area contributed by atoms with E-state index >= 15 is 0 Å². The van der Waals surface area contributed by atoms with Crippen LogP contribution in [0.4, 0.5) is 5.69 Å². The van der Waals surface area contributed by atoms with Gasteiger partial charge >= 0.3 is 0 Å². The van der Waals surface area contributed by atoms with Crippen molar-refractivity contribution in [3.63, 3.8) is 0 Å². The molecule has 0 aliphatic carbocycles. The fourth-order valence-electron chi connectivity index (χ4n) is 1.82. The normalized spacial score (nSPS) is 10.3. The first-order valence-corrected chi connectivity index (χ1v) is 6.70. The van der Waals surface area contributed by atoms with E-state index in [4.69, 9.17) is 16.0 Å². The Hall–Kier alpha value is -2.34. The number of rotatable bonds is 6. The van der Waals surface area contributed by atoms with Crippen LogP contribution in [0.25, 0.3) is 0 Å². The lowest BCUT2D eigenvalue weighted by molar-refractivity contribution is -0.384. The van der Waals surface area contributed by atoms with Crippen molar-refractivity contribution in [3.8, 4) is 0 Å². The van der Waals surface area contributed by atoms with E-state index in [2.05, 4.69) is 5.32 Å². The molecule has 0 spiro atoms. The van der Waals surface area contributed by atoms with Gasteiger partial charge < -0.3 is 9.73 Å². The average Bonchev–Trinajstić information content (AvgIpc) is 2.96. The van der Waals surface area contributed by atoms with Crippen molar-refractivity contribution in [3.05, 3.63) is 63.1 Å². The Balaban J connectivity index is 1.90. The van der Waals surface area contributed by atoms with Crippen molar-refractivity contribution in [2.45, 2.75) is 12.8 Å². The summed E-state index contributed by atoms with van der Waals surface area (Å²) in [5, 5.41) is 13.6. The lowest BCUT2D eigenvalue weighted by Crippen LogP contribution is -2.25. The largest absolute Gasteiger partial charge is 0.469 e. The van der Waals surface area contributed by atoms with Crippen LogP contribution in [-0.2, 0) is 6.42 Å². The number of carbonyl (C=O) groups excluding carboxylic acids is 1. The van der Waals surface area contributed by atoms with E-state index in [1.165, 1.54) is 18.2 Å². The molecule has 1 heterocycles. The number of hydrogen-bond donors (Lipinski definition) is 1. The number of aryl methyl sites for hydroxylation is 1. The third-order valence-electron chi connectivity index (χ3n) is 2.87. The first-order chi connectivity index (χ1) is 10.1. The van der Waals surface area contributed by atoms with Gasteiger partial charge in [-0.2, -0.15) is 0 Å². The molecule has 1 N–H and O–H groups in total. The van der Waals surface area contributed by atoms with Crippen molar-refractivity contribution >= 4 is 23.2 Å². The molecule has 1 aromatic carbocycles. The summed E-state index contributed by atoms with van der Waals surface area (Å²) in [6, 6.07) is 7.44. The lowest BCUT2D eigenvalue weighted by atomic mass is 10.2. The summed E-state index contributed by atoms with van der Waals surface area (Å²) >= 11 is 5.89. The predicted molar refractivity (Wildman–Crippen MR) is 77.5 cm³/mol. The predicted octanol–water partition coefficient (Wildman–Crippen LogP) is 3.20. The molecule has 2 rings (SSSR count). The van der Waals surface area contributed by atoms with Gasteiger partial charge in [-0.3, -0.25) is 14.9 Å². The standard InChI is InChI=1S/C14H13ClN2O4/c15-13-6-5-10(17(19)20)9-12(13)14(18)16-7-1-3-11-4-2-8-21-11/h2,4-6,8-9H,1,3,7H2,(H,16,18). The highest BCUT2D eigenvalue weighted by atomic mass is 35.5. The zero-order valence-electron chi connectivity index (χ0n) is 11.0. The highest BCUT2D eigenvalue weighted by molar-refractivity contribution is 6.33. The molecule has 0 bridgehead atoms. The van der Waals surface area contributed by atoms with Gasteiger partial charge in [-0.15, -0.1) is 0 Å². The Morgan fingerprint density at radius 2 is 2.19 bits per heavy atom. The summed E-state index contributed by atoms with van der Waals surface area (Å²) in [5.74, 6) is 0.417. The second-order valence-electron chi connectivity index (χ2n) is 4.36. The number of halogens is 1. The number of carbonyl (C=O) groups is 1. The van der Waals surface area contributed by atoms with Gasteiger partial charge in [0.15, 0.2) is 0 Å². The number of non-ortho nitro benzene ring substituents is 1. The number of nitrogens with zero attached hydrogens (tertiary/aromatic N) is 1. The molecule has 1 amide bonds. The number of hydrogen-bond acceptors (Lipinski definition) is 4. The minimum atomic E-state index is -0.565.